The van der Waals surface area contributed by atoms with Crippen LogP contribution in [-0.4, -0.2) is 37.4 Å². The molecular formula is C16H19N3O3. The molecule has 0 aliphatic carbocycles. The van der Waals surface area contributed by atoms with E-state index in [2.05, 4.69) is 15.4 Å². The molecule has 0 unspecified atom stereocenters. The highest BCUT2D eigenvalue weighted by Crippen LogP contribution is 2.20. The number of morpholine rings is 1. The number of hydrogen-bond acceptors (Lipinski definition) is 5. The van der Waals surface area contributed by atoms with Gasteiger partial charge in [0.25, 0.3) is 0 Å². The van der Waals surface area contributed by atoms with Crippen LogP contribution in [0.5, 0.6) is 0 Å². The Morgan fingerprint density at radius 3 is 2.86 bits per heavy atom. The third kappa shape index (κ3) is 3.65. The second-order valence-electron chi connectivity index (χ2n) is 5.30. The molecule has 0 saturated carbocycles. The van der Waals surface area contributed by atoms with Crippen LogP contribution in [0.2, 0.25) is 0 Å². The Morgan fingerprint density at radius 2 is 2.14 bits per heavy atom. The van der Waals surface area contributed by atoms with Crippen molar-refractivity contribution in [2.45, 2.75) is 13.3 Å². The van der Waals surface area contributed by atoms with Crippen LogP contribution in [0.25, 0.3) is 0 Å². The van der Waals surface area contributed by atoms with Gasteiger partial charge >= 0.3 is 0 Å². The molecule has 2 aromatic rings. The Labute approximate surface area is 129 Å². The van der Waals surface area contributed by atoms with Gasteiger partial charge in [0.05, 0.1) is 25.3 Å². The normalized spacial score (nSPS) is 14.9. The van der Waals surface area contributed by atoms with Gasteiger partial charge in [0.2, 0.25) is 5.91 Å². The summed E-state index contributed by atoms with van der Waals surface area (Å²) in [5.74, 6) is 0.601. The average Bonchev–Trinajstić information content (AvgIpc) is 2.93. The lowest BCUT2D eigenvalue weighted by molar-refractivity contribution is -0.115. The van der Waals surface area contributed by atoms with E-state index in [1.807, 2.05) is 24.3 Å². The van der Waals surface area contributed by atoms with Crippen LogP contribution < -0.4 is 10.2 Å². The van der Waals surface area contributed by atoms with Gasteiger partial charge in [0.15, 0.2) is 0 Å². The number of aromatic nitrogens is 1. The van der Waals surface area contributed by atoms with E-state index in [0.29, 0.717) is 11.5 Å². The Hall–Kier alpha value is -2.34. The van der Waals surface area contributed by atoms with E-state index < -0.39 is 0 Å². The molecule has 6 nitrogen and oxygen atoms in total. The van der Waals surface area contributed by atoms with Crippen molar-refractivity contribution in [2.24, 2.45) is 0 Å². The molecule has 6 heteroatoms. The zero-order valence-electron chi connectivity index (χ0n) is 12.5. The Morgan fingerprint density at radius 1 is 1.32 bits per heavy atom. The first-order valence-corrected chi connectivity index (χ1v) is 7.35. The van der Waals surface area contributed by atoms with Crippen molar-refractivity contribution < 1.29 is 14.1 Å². The van der Waals surface area contributed by atoms with E-state index in [1.54, 1.807) is 13.0 Å². The highest BCUT2D eigenvalue weighted by Gasteiger charge is 2.12. The number of hydrogen-bond donors (Lipinski definition) is 1. The molecule has 1 aliphatic heterocycles. The van der Waals surface area contributed by atoms with Gasteiger partial charge in [-0.25, -0.2) is 0 Å². The van der Waals surface area contributed by atoms with Gasteiger partial charge in [0.1, 0.15) is 5.76 Å². The van der Waals surface area contributed by atoms with Crippen LogP contribution in [0, 0.1) is 6.92 Å². The smallest absolute Gasteiger partial charge is 0.230 e. The van der Waals surface area contributed by atoms with Crippen LogP contribution in [0.3, 0.4) is 0 Å². The summed E-state index contributed by atoms with van der Waals surface area (Å²) in [5.41, 5.74) is 2.52. The molecule has 1 aliphatic rings. The van der Waals surface area contributed by atoms with E-state index in [0.717, 1.165) is 37.7 Å². The number of carbonyl (C=O) groups is 1. The highest BCUT2D eigenvalue weighted by molar-refractivity contribution is 5.92. The van der Waals surface area contributed by atoms with Crippen molar-refractivity contribution in [2.75, 3.05) is 36.5 Å². The first-order chi connectivity index (χ1) is 10.7. The SMILES string of the molecule is Cc1cc(CC(=O)Nc2cccc(N3CCOCC3)c2)no1. The molecule has 116 valence electrons. The fraction of sp³-hybridized carbons (Fsp3) is 0.375. The fourth-order valence-corrected chi connectivity index (χ4v) is 2.47. The summed E-state index contributed by atoms with van der Waals surface area (Å²) in [5, 5.41) is 6.73. The topological polar surface area (TPSA) is 67.6 Å². The minimum atomic E-state index is -0.104. The molecule has 22 heavy (non-hydrogen) atoms. The van der Waals surface area contributed by atoms with E-state index in [9.17, 15) is 4.79 Å². The number of aryl methyl sites for hydroxylation is 1. The highest BCUT2D eigenvalue weighted by atomic mass is 16.5. The Kier molecular flexibility index (Phi) is 4.39. The predicted octanol–water partition coefficient (Wildman–Crippen LogP) is 2.00. The van der Waals surface area contributed by atoms with Crippen LogP contribution in [0.15, 0.2) is 34.9 Å². The van der Waals surface area contributed by atoms with Gasteiger partial charge < -0.3 is 19.5 Å². The third-order valence-corrected chi connectivity index (χ3v) is 3.52. The first kappa shape index (κ1) is 14.6. The Bertz CT molecular complexity index is 648. The van der Waals surface area contributed by atoms with Crippen LogP contribution >= 0.6 is 0 Å². The minimum absolute atomic E-state index is 0.104. The zero-order chi connectivity index (χ0) is 15.4. The molecule has 2 heterocycles. The first-order valence-electron chi connectivity index (χ1n) is 7.35. The number of nitrogens with one attached hydrogen (secondary N) is 1. The number of carbonyl (C=O) groups excluding carboxylic acids is 1. The summed E-state index contributed by atoms with van der Waals surface area (Å²) >= 11 is 0. The molecule has 0 bridgehead atoms. The second kappa shape index (κ2) is 6.62. The fourth-order valence-electron chi connectivity index (χ4n) is 2.47. The van der Waals surface area contributed by atoms with Gasteiger partial charge in [-0.05, 0) is 25.1 Å². The van der Waals surface area contributed by atoms with Crippen LogP contribution in [-0.2, 0) is 16.0 Å². The van der Waals surface area contributed by atoms with E-state index in [4.69, 9.17) is 9.26 Å². The lowest BCUT2D eigenvalue weighted by atomic mass is 10.2. The van der Waals surface area contributed by atoms with Crippen molar-refractivity contribution in [3.05, 3.63) is 41.8 Å². The van der Waals surface area contributed by atoms with Crippen molar-refractivity contribution >= 4 is 17.3 Å². The average molecular weight is 301 g/mol. The molecule has 0 atom stereocenters. The number of nitrogens with zero attached hydrogens (tertiary/aromatic N) is 2. The number of amides is 1. The van der Waals surface area contributed by atoms with Crippen LogP contribution in [0.1, 0.15) is 11.5 Å². The summed E-state index contributed by atoms with van der Waals surface area (Å²) in [4.78, 5) is 14.3. The maximum absolute atomic E-state index is 12.1. The number of rotatable bonds is 4. The number of ether oxygens (including phenoxy) is 1. The van der Waals surface area contributed by atoms with Gasteiger partial charge in [-0.3, -0.25) is 4.79 Å². The third-order valence-electron chi connectivity index (χ3n) is 3.52. The summed E-state index contributed by atoms with van der Waals surface area (Å²) in [6.07, 6.45) is 0.207. The van der Waals surface area contributed by atoms with Crippen LogP contribution in [0.4, 0.5) is 11.4 Å². The van der Waals surface area contributed by atoms with Crippen molar-refractivity contribution in [3.63, 3.8) is 0 Å². The summed E-state index contributed by atoms with van der Waals surface area (Å²) in [6, 6.07) is 9.62. The summed E-state index contributed by atoms with van der Waals surface area (Å²) < 4.78 is 10.3. The quantitative estimate of drug-likeness (QED) is 0.935. The molecule has 1 aromatic heterocycles. The summed E-state index contributed by atoms with van der Waals surface area (Å²) in [6.45, 7) is 5.02. The number of benzene rings is 1. The van der Waals surface area contributed by atoms with Crippen molar-refractivity contribution in [3.8, 4) is 0 Å². The predicted molar refractivity (Wildman–Crippen MR) is 83.0 cm³/mol. The molecular weight excluding hydrogens is 282 g/mol. The summed E-state index contributed by atoms with van der Waals surface area (Å²) in [7, 11) is 0. The maximum Gasteiger partial charge on any atom is 0.230 e. The molecule has 1 amide bonds. The number of anilines is 2. The standard InChI is InChI=1S/C16H19N3O3/c1-12-9-14(18-22-12)11-16(20)17-13-3-2-4-15(10-13)19-5-7-21-8-6-19/h2-4,9-10H,5-8,11H2,1H3,(H,17,20). The second-order valence-corrected chi connectivity index (χ2v) is 5.30. The van der Waals surface area contributed by atoms with Gasteiger partial charge in [-0.1, -0.05) is 11.2 Å². The van der Waals surface area contributed by atoms with E-state index in [-0.39, 0.29) is 12.3 Å². The van der Waals surface area contributed by atoms with Crippen molar-refractivity contribution in [1.29, 1.82) is 0 Å². The van der Waals surface area contributed by atoms with Gasteiger partial charge in [-0.15, -0.1) is 0 Å². The molecule has 1 fully saturated rings. The van der Waals surface area contributed by atoms with E-state index >= 15 is 0 Å². The Balaban J connectivity index is 1.63. The molecule has 1 N–H and O–H groups in total. The molecule has 3 rings (SSSR count). The van der Waals surface area contributed by atoms with Crippen molar-refractivity contribution in [1.82, 2.24) is 5.16 Å². The molecule has 0 spiro atoms. The maximum atomic E-state index is 12.1. The molecule has 0 radical (unpaired) electrons. The lowest BCUT2D eigenvalue weighted by Gasteiger charge is -2.29. The zero-order valence-corrected chi connectivity index (χ0v) is 12.5. The monoisotopic (exact) mass is 301 g/mol. The molecule has 1 aromatic carbocycles. The largest absolute Gasteiger partial charge is 0.378 e. The van der Waals surface area contributed by atoms with E-state index in [1.165, 1.54) is 0 Å². The minimum Gasteiger partial charge on any atom is -0.378 e. The van der Waals surface area contributed by atoms with Gasteiger partial charge in [0, 0.05) is 30.5 Å². The lowest BCUT2D eigenvalue weighted by Crippen LogP contribution is -2.36. The van der Waals surface area contributed by atoms with Gasteiger partial charge in [-0.2, -0.15) is 0 Å². The molecule has 1 saturated heterocycles.